The minimum atomic E-state index is 0.0240. The van der Waals surface area contributed by atoms with E-state index in [9.17, 15) is 0 Å². The van der Waals surface area contributed by atoms with Crippen molar-refractivity contribution in [2.45, 2.75) is 180 Å². The number of hydrogen-bond acceptors (Lipinski definition) is 2. The molecule has 0 aliphatic heterocycles. The van der Waals surface area contributed by atoms with Crippen molar-refractivity contribution in [2.24, 2.45) is 44.8 Å². The number of benzene rings is 8. The summed E-state index contributed by atoms with van der Waals surface area (Å²) in [5.74, 6) is 3.33. The third kappa shape index (κ3) is 12.2. The maximum atomic E-state index is 5.10. The standard InChI is InChI=1S/C35H43N2.C34H42N3.C26H25N4/c1-22(2)19-25-13-12-14-26(20-23(3)4)33(25)31-21-36(9)34-32-24(5)29(35(6,7)8)18-17-28(32)27-15-10-11-16-30(27)37(31)34;1-21(2)17-24-13-12-14-25(18-22(3)4)31(24)29-20-36(9)33-30-23(5)27(34(6,7)8)19-35-32(30)26-15-10-11-16-28(26)37(29)33;1-16-17(26(2,3)4)14-15-22-23(16)24-28(5)20-12-8-9-13-21(20)30(24)25-27-18-10-6-7-11-19(18)29(22)25/h10-18,21-23H,19-20H2,1-9H3;10-16,19-22H,17-18H2,1-9H3;6-15H,1-5H3/q3*+1. The topological polar surface area (TPSA) is 55.1 Å². The van der Waals surface area contributed by atoms with Gasteiger partial charge in [0.2, 0.25) is 0 Å². The number of para-hydroxylation sites is 6. The Morgan fingerprint density at radius 3 is 1.30 bits per heavy atom. The molecule has 0 saturated carbocycles. The minimum absolute atomic E-state index is 0.0240. The molecule has 0 unspecified atom stereocenters. The van der Waals surface area contributed by atoms with Crippen LogP contribution in [0.15, 0.2) is 176 Å². The first-order chi connectivity index (χ1) is 49.3. The van der Waals surface area contributed by atoms with Crippen LogP contribution in [0.5, 0.6) is 0 Å². The van der Waals surface area contributed by atoms with E-state index in [1.54, 1.807) is 0 Å². The van der Waals surface area contributed by atoms with Crippen LogP contribution in [0.1, 0.15) is 173 Å². The average Bonchev–Trinajstić information content (AvgIpc) is 1.53. The molecule has 8 aromatic heterocycles. The highest BCUT2D eigenvalue weighted by atomic mass is 15.2. The van der Waals surface area contributed by atoms with E-state index >= 15 is 0 Å². The van der Waals surface area contributed by atoms with Gasteiger partial charge in [-0.1, -0.05) is 227 Å². The normalized spacial score (nSPS) is 12.7. The number of rotatable bonds is 10. The summed E-state index contributed by atoms with van der Waals surface area (Å²) in [5.41, 5.74) is 32.6. The summed E-state index contributed by atoms with van der Waals surface area (Å²) in [4.78, 5) is 10.2. The third-order valence-corrected chi connectivity index (χ3v) is 21.9. The van der Waals surface area contributed by atoms with Gasteiger partial charge in [-0.3, -0.25) is 9.38 Å². The van der Waals surface area contributed by atoms with E-state index in [2.05, 4.69) is 367 Å². The zero-order valence-corrected chi connectivity index (χ0v) is 66.4. The van der Waals surface area contributed by atoms with Crippen molar-refractivity contribution in [3.63, 3.8) is 0 Å². The fourth-order valence-corrected chi connectivity index (χ4v) is 17.8. The second-order valence-corrected chi connectivity index (χ2v) is 34.9. The number of nitrogens with zero attached hydrogens (tertiary/aromatic N) is 9. The maximum absolute atomic E-state index is 5.10. The Morgan fingerprint density at radius 2 is 0.788 bits per heavy atom. The Labute approximate surface area is 616 Å². The molecule has 0 aliphatic rings. The molecule has 9 heteroatoms. The largest absolute Gasteiger partial charge is 0.312 e. The van der Waals surface area contributed by atoms with Crippen molar-refractivity contribution in [3.8, 4) is 22.5 Å². The molecule has 104 heavy (non-hydrogen) atoms. The van der Waals surface area contributed by atoms with Gasteiger partial charge < -0.3 is 0 Å². The van der Waals surface area contributed by atoms with Gasteiger partial charge in [0.25, 0.3) is 16.9 Å². The smallest absolute Gasteiger partial charge is 0.258 e. The van der Waals surface area contributed by atoms with Crippen molar-refractivity contribution in [2.75, 3.05) is 0 Å². The molecule has 0 saturated heterocycles. The fourth-order valence-electron chi connectivity index (χ4n) is 17.8. The number of fused-ring (bicyclic) bond motifs is 22. The lowest BCUT2D eigenvalue weighted by Crippen LogP contribution is -2.28. The van der Waals surface area contributed by atoms with Crippen LogP contribution in [0.4, 0.5) is 0 Å². The van der Waals surface area contributed by atoms with E-state index in [-0.39, 0.29) is 16.2 Å². The molecule has 0 amide bonds. The maximum Gasteiger partial charge on any atom is 0.312 e. The SMILES string of the molecule is Cc1c(C(C)(C)C)ccc2c1c1n(c3ccccc3[n+]1C)c1nc3ccccc3n21.Cc1c(C(C)(C)C)ccc2c3ccccc3n3c(-c4c(CC(C)C)cccc4CC(C)C)c[n+](C)c3c12.Cc1c(C(C)(C)C)cnc2c3ccccc3n3c(-c4c(CC(C)C)cccc4CC(C)C)c[n+](C)c3c12. The Morgan fingerprint density at radius 1 is 0.365 bits per heavy atom. The van der Waals surface area contributed by atoms with E-state index in [0.717, 1.165) is 48.0 Å². The first-order valence-electron chi connectivity index (χ1n) is 38.3. The fraction of sp³-hybridized carbons (Fsp3) is 0.358. The van der Waals surface area contributed by atoms with Gasteiger partial charge in [-0.2, -0.15) is 18.2 Å². The molecule has 8 aromatic carbocycles. The highest BCUT2D eigenvalue weighted by Gasteiger charge is 2.34. The van der Waals surface area contributed by atoms with Gasteiger partial charge in [0.15, 0.2) is 22.4 Å². The third-order valence-electron chi connectivity index (χ3n) is 21.9. The van der Waals surface area contributed by atoms with Gasteiger partial charge in [-0.15, -0.1) is 0 Å². The molecule has 532 valence electrons. The summed E-state index contributed by atoms with van der Waals surface area (Å²) in [6, 6.07) is 58.0. The van der Waals surface area contributed by atoms with E-state index in [4.69, 9.17) is 9.97 Å². The average molecular weight is 1380 g/mol. The second-order valence-electron chi connectivity index (χ2n) is 34.9. The molecule has 0 radical (unpaired) electrons. The second kappa shape index (κ2) is 26.8. The van der Waals surface area contributed by atoms with Crippen LogP contribution in [-0.2, 0) is 63.1 Å². The van der Waals surface area contributed by atoms with Crippen molar-refractivity contribution in [1.29, 1.82) is 0 Å². The van der Waals surface area contributed by atoms with Crippen molar-refractivity contribution in [1.82, 2.24) is 27.6 Å². The van der Waals surface area contributed by atoms with Crippen LogP contribution < -0.4 is 13.7 Å². The first kappa shape index (κ1) is 71.3. The molecule has 0 spiro atoms. The molecule has 0 atom stereocenters. The molecule has 9 nitrogen and oxygen atoms in total. The van der Waals surface area contributed by atoms with Gasteiger partial charge in [0, 0.05) is 33.5 Å². The summed E-state index contributed by atoms with van der Waals surface area (Å²) in [5, 5.41) is 7.78. The molecule has 0 bridgehead atoms. The van der Waals surface area contributed by atoms with Crippen LogP contribution >= 0.6 is 0 Å². The zero-order chi connectivity index (χ0) is 74.1. The summed E-state index contributed by atoms with van der Waals surface area (Å²) in [7, 11) is 6.59. The lowest BCUT2D eigenvalue weighted by atomic mass is 9.82. The first-order valence-corrected chi connectivity index (χ1v) is 38.3. The van der Waals surface area contributed by atoms with E-state index in [1.807, 2.05) is 0 Å². The van der Waals surface area contributed by atoms with Gasteiger partial charge in [0.05, 0.1) is 59.4 Å². The zero-order valence-electron chi connectivity index (χ0n) is 66.4. The van der Waals surface area contributed by atoms with Crippen LogP contribution in [0.25, 0.3) is 122 Å². The van der Waals surface area contributed by atoms with Gasteiger partial charge in [0.1, 0.15) is 23.4 Å². The number of pyridine rings is 3. The molecule has 0 N–H and O–H groups in total. The van der Waals surface area contributed by atoms with Crippen molar-refractivity contribution in [3.05, 3.63) is 232 Å². The van der Waals surface area contributed by atoms with Crippen molar-refractivity contribution < 1.29 is 13.7 Å². The minimum Gasteiger partial charge on any atom is -0.258 e. The lowest BCUT2D eigenvalue weighted by molar-refractivity contribution is -0.643. The Bertz CT molecular complexity index is 5770. The molecule has 0 aliphatic carbocycles. The Balaban J connectivity index is 0.000000132. The quantitative estimate of drug-likeness (QED) is 0.101. The monoisotopic (exact) mass is 1380 g/mol. The van der Waals surface area contributed by atoms with Gasteiger partial charge in [-0.05, 0) is 191 Å². The number of aryl methyl sites for hydroxylation is 6. The molecule has 16 rings (SSSR count). The van der Waals surface area contributed by atoms with E-state index in [0.29, 0.717) is 23.7 Å². The number of imidazole rings is 4. The Hall–Kier alpha value is -9.73. The van der Waals surface area contributed by atoms with Gasteiger partial charge in [-0.25, -0.2) is 13.7 Å². The van der Waals surface area contributed by atoms with Crippen LogP contribution in [0, 0.1) is 44.4 Å². The predicted molar refractivity (Wildman–Crippen MR) is 440 cm³/mol. The summed E-state index contributed by atoms with van der Waals surface area (Å²) < 4.78 is 16.7. The Kier molecular flexibility index (Phi) is 18.3. The molecular formula is C95H110N9+3. The predicted octanol–water partition coefficient (Wildman–Crippen LogP) is 22.4. The summed E-state index contributed by atoms with van der Waals surface area (Å²) in [6.07, 6.45) is 11.1. The van der Waals surface area contributed by atoms with E-state index < -0.39 is 0 Å². The highest BCUT2D eigenvalue weighted by molar-refractivity contribution is 6.14. The molecule has 8 heterocycles. The number of aromatic nitrogens is 9. The van der Waals surface area contributed by atoms with E-state index in [1.165, 1.54) is 155 Å². The molecule has 0 fully saturated rings. The molecule has 16 aromatic rings. The highest BCUT2D eigenvalue weighted by Crippen LogP contribution is 2.43. The van der Waals surface area contributed by atoms with Crippen LogP contribution in [0.2, 0.25) is 0 Å². The number of hydrogen-bond donors (Lipinski definition) is 0. The van der Waals surface area contributed by atoms with Crippen LogP contribution in [-0.4, -0.2) is 27.6 Å². The summed E-state index contributed by atoms with van der Waals surface area (Å²) in [6.45, 7) is 46.2. The van der Waals surface area contributed by atoms with Gasteiger partial charge >= 0.3 is 5.78 Å². The lowest BCUT2D eigenvalue weighted by Gasteiger charge is -2.23. The van der Waals surface area contributed by atoms with Crippen molar-refractivity contribution >= 4 is 99.2 Å². The summed E-state index contributed by atoms with van der Waals surface area (Å²) >= 11 is 0. The van der Waals surface area contributed by atoms with Crippen LogP contribution in [0.3, 0.4) is 0 Å². The molecular weight excluding hydrogens is 1270 g/mol.